The molecule has 0 bridgehead atoms. The van der Waals surface area contributed by atoms with Crippen molar-refractivity contribution in [2.45, 2.75) is 44.2 Å². The van der Waals surface area contributed by atoms with Crippen LogP contribution in [0.5, 0.6) is 0 Å². The fourth-order valence-electron chi connectivity index (χ4n) is 2.93. The summed E-state index contributed by atoms with van der Waals surface area (Å²) >= 11 is 0. The maximum absolute atomic E-state index is 12.7. The molecule has 3 aromatic rings. The SMILES string of the molecule is CC[C@@H](C)c1ccc(S(=O)(=O)NCc2ccccc2Cn2ccnc2)cc1. The van der Waals surface area contributed by atoms with E-state index >= 15 is 0 Å². The molecule has 3 rings (SSSR count). The van der Waals surface area contributed by atoms with Gasteiger partial charge in [-0.2, -0.15) is 0 Å². The van der Waals surface area contributed by atoms with Crippen LogP contribution in [0.4, 0.5) is 0 Å². The average Bonchev–Trinajstić information content (AvgIpc) is 3.20. The highest BCUT2D eigenvalue weighted by molar-refractivity contribution is 7.89. The lowest BCUT2D eigenvalue weighted by atomic mass is 9.99. The number of hydrogen-bond acceptors (Lipinski definition) is 3. The van der Waals surface area contributed by atoms with Crippen LogP contribution in [-0.4, -0.2) is 18.0 Å². The zero-order valence-corrected chi connectivity index (χ0v) is 16.5. The monoisotopic (exact) mass is 383 g/mol. The van der Waals surface area contributed by atoms with Gasteiger partial charge in [-0.15, -0.1) is 0 Å². The molecule has 0 aliphatic heterocycles. The van der Waals surface area contributed by atoms with Crippen molar-refractivity contribution >= 4 is 10.0 Å². The molecule has 0 saturated carbocycles. The third-order valence-electron chi connectivity index (χ3n) is 4.85. The van der Waals surface area contributed by atoms with Gasteiger partial charge in [-0.1, -0.05) is 50.2 Å². The van der Waals surface area contributed by atoms with Crippen LogP contribution in [0.1, 0.15) is 42.9 Å². The van der Waals surface area contributed by atoms with Gasteiger partial charge in [0.2, 0.25) is 10.0 Å². The van der Waals surface area contributed by atoms with E-state index < -0.39 is 10.0 Å². The van der Waals surface area contributed by atoms with Crippen LogP contribution in [0.2, 0.25) is 0 Å². The van der Waals surface area contributed by atoms with Gasteiger partial charge in [-0.05, 0) is 41.2 Å². The lowest BCUT2D eigenvalue weighted by molar-refractivity contribution is 0.580. The largest absolute Gasteiger partial charge is 0.333 e. The van der Waals surface area contributed by atoms with Crippen molar-refractivity contribution in [3.05, 3.63) is 83.9 Å². The smallest absolute Gasteiger partial charge is 0.240 e. The van der Waals surface area contributed by atoms with Gasteiger partial charge in [0, 0.05) is 25.5 Å². The third-order valence-corrected chi connectivity index (χ3v) is 6.27. The first-order valence-corrected chi connectivity index (χ1v) is 10.6. The van der Waals surface area contributed by atoms with Crippen molar-refractivity contribution < 1.29 is 8.42 Å². The van der Waals surface area contributed by atoms with Crippen LogP contribution in [-0.2, 0) is 23.1 Å². The molecule has 0 unspecified atom stereocenters. The average molecular weight is 384 g/mol. The van der Waals surface area contributed by atoms with Gasteiger partial charge >= 0.3 is 0 Å². The van der Waals surface area contributed by atoms with Gasteiger partial charge in [0.15, 0.2) is 0 Å². The molecule has 1 aromatic heterocycles. The molecule has 1 atom stereocenters. The van der Waals surface area contributed by atoms with E-state index in [0.29, 0.717) is 17.4 Å². The quantitative estimate of drug-likeness (QED) is 0.641. The molecule has 2 aromatic carbocycles. The fourth-order valence-corrected chi connectivity index (χ4v) is 3.94. The van der Waals surface area contributed by atoms with Crippen molar-refractivity contribution in [1.82, 2.24) is 14.3 Å². The summed E-state index contributed by atoms with van der Waals surface area (Å²) in [4.78, 5) is 4.34. The van der Waals surface area contributed by atoms with Gasteiger partial charge in [-0.3, -0.25) is 0 Å². The predicted octanol–water partition coefficient (Wildman–Crippen LogP) is 3.92. The summed E-state index contributed by atoms with van der Waals surface area (Å²) in [7, 11) is -3.56. The predicted molar refractivity (Wildman–Crippen MR) is 107 cm³/mol. The highest BCUT2D eigenvalue weighted by atomic mass is 32.2. The van der Waals surface area contributed by atoms with Crippen molar-refractivity contribution in [2.24, 2.45) is 0 Å². The topological polar surface area (TPSA) is 64.0 Å². The van der Waals surface area contributed by atoms with Crippen molar-refractivity contribution in [1.29, 1.82) is 0 Å². The first kappa shape index (κ1) is 19.3. The first-order chi connectivity index (χ1) is 13.0. The molecule has 0 radical (unpaired) electrons. The van der Waals surface area contributed by atoms with Crippen LogP contribution in [0.3, 0.4) is 0 Å². The molecule has 1 N–H and O–H groups in total. The summed E-state index contributed by atoms with van der Waals surface area (Å²) in [6.07, 6.45) is 6.39. The summed E-state index contributed by atoms with van der Waals surface area (Å²) in [5.41, 5.74) is 3.17. The van der Waals surface area contributed by atoms with Gasteiger partial charge in [0.05, 0.1) is 11.2 Å². The molecule has 0 aliphatic carbocycles. The summed E-state index contributed by atoms with van der Waals surface area (Å²) in [5.74, 6) is 0.421. The number of nitrogens with one attached hydrogen (secondary N) is 1. The maximum Gasteiger partial charge on any atom is 0.240 e. The van der Waals surface area contributed by atoms with Crippen LogP contribution < -0.4 is 4.72 Å². The third kappa shape index (κ3) is 4.84. The van der Waals surface area contributed by atoms with E-state index in [9.17, 15) is 8.42 Å². The Morgan fingerprint density at radius 3 is 2.41 bits per heavy atom. The minimum atomic E-state index is -3.56. The summed E-state index contributed by atoms with van der Waals surface area (Å²) in [6.45, 7) is 5.17. The lowest BCUT2D eigenvalue weighted by Gasteiger charge is -2.13. The standard InChI is InChI=1S/C21H25N3O2S/c1-3-17(2)18-8-10-21(11-9-18)27(25,26)23-14-19-6-4-5-7-20(19)15-24-13-12-22-16-24/h4-13,16-17,23H,3,14-15H2,1-2H3/t17-/m1/s1. The van der Waals surface area contributed by atoms with Crippen molar-refractivity contribution in [3.63, 3.8) is 0 Å². The van der Waals surface area contributed by atoms with Gasteiger partial charge in [-0.25, -0.2) is 18.1 Å². The van der Waals surface area contributed by atoms with E-state index in [1.54, 1.807) is 24.7 Å². The normalized spacial score (nSPS) is 12.8. The minimum absolute atomic E-state index is 0.250. The zero-order chi connectivity index (χ0) is 19.3. The number of nitrogens with zero attached hydrogens (tertiary/aromatic N) is 2. The van der Waals surface area contributed by atoms with Crippen molar-refractivity contribution in [3.8, 4) is 0 Å². The number of benzene rings is 2. The minimum Gasteiger partial charge on any atom is -0.333 e. The molecule has 0 spiro atoms. The summed E-state index contributed by atoms with van der Waals surface area (Å²) in [6, 6.07) is 15.0. The van der Waals surface area contributed by atoms with E-state index in [-0.39, 0.29) is 6.54 Å². The zero-order valence-electron chi connectivity index (χ0n) is 15.7. The maximum atomic E-state index is 12.7. The highest BCUT2D eigenvalue weighted by Crippen LogP contribution is 2.20. The Morgan fingerprint density at radius 2 is 1.78 bits per heavy atom. The number of aromatic nitrogens is 2. The van der Waals surface area contributed by atoms with E-state index in [4.69, 9.17) is 0 Å². The fraction of sp³-hybridized carbons (Fsp3) is 0.286. The molecule has 27 heavy (non-hydrogen) atoms. The molecule has 142 valence electrons. The van der Waals surface area contributed by atoms with Crippen LogP contribution in [0.25, 0.3) is 0 Å². The molecule has 0 saturated heterocycles. The number of hydrogen-bond donors (Lipinski definition) is 1. The highest BCUT2D eigenvalue weighted by Gasteiger charge is 2.15. The molecule has 5 nitrogen and oxygen atoms in total. The van der Waals surface area contributed by atoms with Crippen molar-refractivity contribution in [2.75, 3.05) is 0 Å². The second kappa shape index (κ2) is 8.50. The Labute approximate surface area is 161 Å². The molecule has 0 fully saturated rings. The Kier molecular flexibility index (Phi) is 6.08. The molecule has 0 aliphatic rings. The molecule has 6 heteroatoms. The number of imidazole rings is 1. The molecular formula is C21H25N3O2S. The first-order valence-electron chi connectivity index (χ1n) is 9.11. The second-order valence-electron chi connectivity index (χ2n) is 6.71. The summed E-state index contributed by atoms with van der Waals surface area (Å²) in [5, 5.41) is 0. The molecular weight excluding hydrogens is 358 g/mol. The second-order valence-corrected chi connectivity index (χ2v) is 8.47. The van der Waals surface area contributed by atoms with E-state index in [2.05, 4.69) is 23.6 Å². The van der Waals surface area contributed by atoms with Gasteiger partial charge in [0.25, 0.3) is 0 Å². The van der Waals surface area contributed by atoms with Crippen LogP contribution in [0.15, 0.2) is 72.1 Å². The van der Waals surface area contributed by atoms with E-state index in [1.165, 1.54) is 0 Å². The van der Waals surface area contributed by atoms with Gasteiger partial charge < -0.3 is 4.57 Å². The van der Waals surface area contributed by atoms with E-state index in [1.807, 2.05) is 47.2 Å². The van der Waals surface area contributed by atoms with E-state index in [0.717, 1.165) is 23.1 Å². The Morgan fingerprint density at radius 1 is 1.07 bits per heavy atom. The van der Waals surface area contributed by atoms with Crippen LogP contribution >= 0.6 is 0 Å². The Bertz CT molecular complexity index is 965. The molecule has 0 amide bonds. The number of sulfonamides is 1. The van der Waals surface area contributed by atoms with Gasteiger partial charge in [0.1, 0.15) is 0 Å². The Balaban J connectivity index is 1.72. The Hall–Kier alpha value is -2.44. The number of rotatable bonds is 8. The van der Waals surface area contributed by atoms with Crippen LogP contribution in [0, 0.1) is 0 Å². The lowest BCUT2D eigenvalue weighted by Crippen LogP contribution is -2.24. The molecule has 1 heterocycles. The summed E-state index contributed by atoms with van der Waals surface area (Å²) < 4.78 is 30.0.